The molecular weight excluding hydrogens is 250 g/mol. The monoisotopic (exact) mass is 271 g/mol. The van der Waals surface area contributed by atoms with Crippen LogP contribution in [-0.4, -0.2) is 17.6 Å². The van der Waals surface area contributed by atoms with Crippen molar-refractivity contribution in [1.29, 1.82) is 0 Å². The summed E-state index contributed by atoms with van der Waals surface area (Å²) in [6.07, 6.45) is 8.17. The van der Waals surface area contributed by atoms with E-state index in [0.29, 0.717) is 0 Å². The Labute approximate surface area is 119 Å². The summed E-state index contributed by atoms with van der Waals surface area (Å²) in [6, 6.07) is 6.77. The highest BCUT2D eigenvalue weighted by Gasteiger charge is 2.21. The van der Waals surface area contributed by atoms with E-state index in [1.54, 1.807) is 6.26 Å². The molecule has 4 heteroatoms. The molecule has 20 heavy (non-hydrogen) atoms. The molecule has 2 heterocycles. The number of nitrogens with zero attached hydrogens (tertiary/aromatic N) is 2. The number of pyridine rings is 1. The predicted molar refractivity (Wildman–Crippen MR) is 79.5 cm³/mol. The molecule has 0 unspecified atom stereocenters. The molecule has 0 atom stereocenters. The fourth-order valence-corrected chi connectivity index (χ4v) is 2.35. The summed E-state index contributed by atoms with van der Waals surface area (Å²) in [4.78, 5) is 6.59. The Hall–Kier alpha value is -1.81. The highest BCUT2D eigenvalue weighted by Crippen LogP contribution is 2.24. The maximum absolute atomic E-state index is 5.46. The van der Waals surface area contributed by atoms with Gasteiger partial charge < -0.3 is 14.6 Å². The van der Waals surface area contributed by atoms with E-state index in [-0.39, 0.29) is 0 Å². The summed E-state index contributed by atoms with van der Waals surface area (Å²) in [5, 5.41) is 3.57. The van der Waals surface area contributed by atoms with E-state index < -0.39 is 0 Å². The van der Waals surface area contributed by atoms with Gasteiger partial charge in [-0.15, -0.1) is 0 Å². The highest BCUT2D eigenvalue weighted by molar-refractivity contribution is 5.51. The smallest absolute Gasteiger partial charge is 0.123 e. The van der Waals surface area contributed by atoms with Crippen molar-refractivity contribution in [3.63, 3.8) is 0 Å². The molecule has 1 aliphatic rings. The Morgan fingerprint density at radius 2 is 2.30 bits per heavy atom. The molecule has 1 N–H and O–H groups in total. The molecule has 0 amide bonds. The van der Waals surface area contributed by atoms with Gasteiger partial charge in [-0.3, -0.25) is 4.98 Å². The van der Waals surface area contributed by atoms with Crippen LogP contribution >= 0.6 is 0 Å². The van der Waals surface area contributed by atoms with Crippen LogP contribution in [-0.2, 0) is 13.1 Å². The van der Waals surface area contributed by atoms with Crippen LogP contribution in [0.1, 0.15) is 31.1 Å². The van der Waals surface area contributed by atoms with Crippen molar-refractivity contribution in [3.8, 4) is 0 Å². The third-order valence-corrected chi connectivity index (χ3v) is 3.70. The molecule has 0 saturated heterocycles. The van der Waals surface area contributed by atoms with Crippen LogP contribution < -0.4 is 10.2 Å². The number of nitrogens with one attached hydrogen (secondary N) is 1. The molecule has 0 radical (unpaired) electrons. The normalized spacial score (nSPS) is 14.4. The number of hydrogen-bond donors (Lipinski definition) is 1. The van der Waals surface area contributed by atoms with E-state index in [9.17, 15) is 0 Å². The lowest BCUT2D eigenvalue weighted by atomic mass is 10.2. The molecule has 1 saturated carbocycles. The number of aromatic nitrogens is 1. The average Bonchev–Trinajstić information content (AvgIpc) is 3.18. The van der Waals surface area contributed by atoms with Crippen molar-refractivity contribution in [3.05, 3.63) is 48.2 Å². The predicted octanol–water partition coefficient (Wildman–Crippen LogP) is 2.95. The number of anilines is 1. The third-order valence-electron chi connectivity index (χ3n) is 3.70. The topological polar surface area (TPSA) is 41.3 Å². The molecule has 1 fully saturated rings. The fourth-order valence-electron chi connectivity index (χ4n) is 2.35. The first kappa shape index (κ1) is 13.2. The van der Waals surface area contributed by atoms with Crippen LogP contribution in [0.25, 0.3) is 0 Å². The van der Waals surface area contributed by atoms with Crippen molar-refractivity contribution >= 4 is 5.69 Å². The van der Waals surface area contributed by atoms with Gasteiger partial charge in [0.05, 0.1) is 24.7 Å². The maximum atomic E-state index is 5.46. The van der Waals surface area contributed by atoms with Gasteiger partial charge in [-0.2, -0.15) is 0 Å². The quantitative estimate of drug-likeness (QED) is 0.840. The lowest BCUT2D eigenvalue weighted by molar-refractivity contribution is 0.503. The fraction of sp³-hybridized carbons (Fsp3) is 0.438. The molecule has 1 aliphatic carbocycles. The largest absolute Gasteiger partial charge is 0.467 e. The van der Waals surface area contributed by atoms with Gasteiger partial charge in [0.1, 0.15) is 5.76 Å². The second-order valence-electron chi connectivity index (χ2n) is 5.25. The first-order chi connectivity index (χ1) is 9.86. The molecule has 4 nitrogen and oxygen atoms in total. The van der Waals surface area contributed by atoms with Crippen LogP contribution in [0, 0.1) is 0 Å². The lowest BCUT2D eigenvalue weighted by Gasteiger charge is -2.24. The van der Waals surface area contributed by atoms with E-state index in [1.807, 2.05) is 24.5 Å². The van der Waals surface area contributed by atoms with Crippen molar-refractivity contribution in [2.24, 2.45) is 0 Å². The Morgan fingerprint density at radius 1 is 1.40 bits per heavy atom. The van der Waals surface area contributed by atoms with Crippen LogP contribution in [0.5, 0.6) is 0 Å². The van der Waals surface area contributed by atoms with Gasteiger partial charge in [-0.1, -0.05) is 0 Å². The Bertz CT molecular complexity index is 534. The second-order valence-corrected chi connectivity index (χ2v) is 5.25. The third kappa shape index (κ3) is 3.20. The van der Waals surface area contributed by atoms with Crippen molar-refractivity contribution < 1.29 is 4.42 Å². The summed E-state index contributed by atoms with van der Waals surface area (Å²) >= 11 is 0. The van der Waals surface area contributed by atoms with E-state index in [1.165, 1.54) is 24.1 Å². The zero-order valence-corrected chi connectivity index (χ0v) is 11.9. The van der Waals surface area contributed by atoms with Crippen LogP contribution in [0.3, 0.4) is 0 Å². The summed E-state index contributed by atoms with van der Waals surface area (Å²) < 4.78 is 5.46. The van der Waals surface area contributed by atoms with Gasteiger partial charge in [0.2, 0.25) is 0 Å². The van der Waals surface area contributed by atoms with Gasteiger partial charge in [0, 0.05) is 25.3 Å². The Balaban J connectivity index is 1.75. The van der Waals surface area contributed by atoms with Crippen molar-refractivity contribution in [2.75, 3.05) is 11.4 Å². The summed E-state index contributed by atoms with van der Waals surface area (Å²) in [5.74, 6) is 0.983. The number of hydrogen-bond acceptors (Lipinski definition) is 4. The molecule has 3 rings (SSSR count). The van der Waals surface area contributed by atoms with Gasteiger partial charge in [0.25, 0.3) is 0 Å². The summed E-state index contributed by atoms with van der Waals surface area (Å²) in [6.45, 7) is 4.79. The minimum Gasteiger partial charge on any atom is -0.467 e. The summed E-state index contributed by atoms with van der Waals surface area (Å²) in [5.41, 5.74) is 2.50. The first-order valence-electron chi connectivity index (χ1n) is 7.30. The van der Waals surface area contributed by atoms with Gasteiger partial charge >= 0.3 is 0 Å². The first-order valence-corrected chi connectivity index (χ1v) is 7.30. The van der Waals surface area contributed by atoms with Crippen molar-refractivity contribution in [1.82, 2.24) is 10.3 Å². The summed E-state index contributed by atoms with van der Waals surface area (Å²) in [7, 11) is 0. The van der Waals surface area contributed by atoms with Crippen LogP contribution in [0.15, 0.2) is 41.3 Å². The molecule has 0 bridgehead atoms. The Kier molecular flexibility index (Phi) is 4.02. The van der Waals surface area contributed by atoms with E-state index in [2.05, 4.69) is 28.2 Å². The maximum Gasteiger partial charge on any atom is 0.123 e. The zero-order chi connectivity index (χ0) is 13.8. The number of furan rings is 1. The minimum atomic E-state index is 0.719. The molecule has 106 valence electrons. The molecule has 0 aromatic carbocycles. The van der Waals surface area contributed by atoms with Crippen LogP contribution in [0.4, 0.5) is 5.69 Å². The molecular formula is C16H21N3O. The molecule has 0 spiro atoms. The number of rotatable bonds is 7. The van der Waals surface area contributed by atoms with E-state index >= 15 is 0 Å². The lowest BCUT2D eigenvalue weighted by Crippen LogP contribution is -2.25. The second kappa shape index (κ2) is 6.09. The minimum absolute atomic E-state index is 0.719. The van der Waals surface area contributed by atoms with Crippen LogP contribution in [0.2, 0.25) is 0 Å². The highest BCUT2D eigenvalue weighted by atomic mass is 16.3. The molecule has 2 aromatic heterocycles. The van der Waals surface area contributed by atoms with Gasteiger partial charge in [-0.25, -0.2) is 0 Å². The Morgan fingerprint density at radius 3 is 3.00 bits per heavy atom. The van der Waals surface area contributed by atoms with E-state index in [0.717, 1.165) is 31.4 Å². The standard InChI is InChI=1S/C16H21N3O/c1-2-19(12-15-4-3-9-20-15)16-11-17-8-7-13(16)10-18-14-5-6-14/h3-4,7-9,11,14,18H,2,5-6,10,12H2,1H3. The van der Waals surface area contributed by atoms with E-state index in [4.69, 9.17) is 4.42 Å². The molecule has 2 aromatic rings. The SMILES string of the molecule is CCN(Cc1ccco1)c1cnccc1CNC1CC1. The average molecular weight is 271 g/mol. The van der Waals surface area contributed by atoms with Gasteiger partial charge in [0.15, 0.2) is 0 Å². The van der Waals surface area contributed by atoms with Gasteiger partial charge in [-0.05, 0) is 43.5 Å². The molecule has 0 aliphatic heterocycles. The zero-order valence-electron chi connectivity index (χ0n) is 11.9. The van der Waals surface area contributed by atoms with Crippen molar-refractivity contribution in [2.45, 2.75) is 38.9 Å².